The van der Waals surface area contributed by atoms with Crippen LogP contribution in [0.4, 0.5) is 0 Å². The first-order valence-corrected chi connectivity index (χ1v) is 24.1. The summed E-state index contributed by atoms with van der Waals surface area (Å²) in [6, 6.07) is 37.9. The molecule has 0 spiro atoms. The second-order valence-electron chi connectivity index (χ2n) is 17.1. The van der Waals surface area contributed by atoms with Crippen LogP contribution in [0.1, 0.15) is 169 Å². The van der Waals surface area contributed by atoms with Gasteiger partial charge < -0.3 is 18.9 Å². The molecule has 6 aromatic carbocycles. The third kappa shape index (κ3) is 15.9. The van der Waals surface area contributed by atoms with Crippen LogP contribution in [-0.2, 0) is 12.8 Å². The second kappa shape index (κ2) is 26.4. The van der Waals surface area contributed by atoms with Crippen molar-refractivity contribution in [2.24, 2.45) is 0 Å². The Morgan fingerprint density at radius 3 is 0.909 bits per heavy atom. The summed E-state index contributed by atoms with van der Waals surface area (Å²) in [6.07, 6.45) is 22.4. The number of rotatable bonds is 26. The van der Waals surface area contributed by atoms with Gasteiger partial charge in [-0.2, -0.15) is 0 Å². The standard InChI is InChI=1S/C58H64O8/c1-3-5-7-9-11-13-15-17-19-43-21-25-46(26-22-43)55(59)63-51-35-31-48(32-36-51)57(61)65-53-39-29-45-30-40-54(42-50(45)41-53)66-58(62)49-33-37-52(38-34-49)64-56(60)47-27-23-44(24-28-47)20-18-16-14-12-10-8-6-4-2/h21-42H,3-20H2,1-2H3. The molecule has 0 aliphatic rings. The third-order valence-corrected chi connectivity index (χ3v) is 11.8. The molecule has 0 heterocycles. The van der Waals surface area contributed by atoms with E-state index in [0.29, 0.717) is 39.5 Å². The smallest absolute Gasteiger partial charge is 0.343 e. The van der Waals surface area contributed by atoms with Crippen molar-refractivity contribution in [1.82, 2.24) is 0 Å². The fraction of sp³-hybridized carbons (Fsp3) is 0.345. The molecule has 0 bridgehead atoms. The van der Waals surface area contributed by atoms with Gasteiger partial charge in [0.15, 0.2) is 0 Å². The first-order chi connectivity index (χ1) is 32.3. The molecule has 8 heteroatoms. The average molecular weight is 889 g/mol. The molecule has 344 valence electrons. The van der Waals surface area contributed by atoms with Crippen LogP contribution in [0.15, 0.2) is 133 Å². The van der Waals surface area contributed by atoms with Crippen LogP contribution in [-0.4, -0.2) is 23.9 Å². The molecule has 66 heavy (non-hydrogen) atoms. The van der Waals surface area contributed by atoms with E-state index in [4.69, 9.17) is 18.9 Å². The number of aryl methyl sites for hydroxylation is 2. The van der Waals surface area contributed by atoms with Gasteiger partial charge in [-0.3, -0.25) is 0 Å². The van der Waals surface area contributed by atoms with E-state index < -0.39 is 23.9 Å². The molecule has 8 nitrogen and oxygen atoms in total. The normalized spacial score (nSPS) is 11.0. The Labute approximate surface area is 390 Å². The van der Waals surface area contributed by atoms with Crippen molar-refractivity contribution < 1.29 is 38.1 Å². The lowest BCUT2D eigenvalue weighted by atomic mass is 10.0. The number of hydrogen-bond donors (Lipinski definition) is 0. The van der Waals surface area contributed by atoms with Crippen molar-refractivity contribution in [3.8, 4) is 23.0 Å². The summed E-state index contributed by atoms with van der Waals surface area (Å²) >= 11 is 0. The first kappa shape index (κ1) is 48.9. The van der Waals surface area contributed by atoms with E-state index in [9.17, 15) is 19.2 Å². The Bertz CT molecular complexity index is 2280. The Balaban J connectivity index is 0.931. The van der Waals surface area contributed by atoms with Crippen molar-refractivity contribution in [2.75, 3.05) is 0 Å². The van der Waals surface area contributed by atoms with Gasteiger partial charge in [0.2, 0.25) is 0 Å². The molecule has 0 aliphatic heterocycles. The Morgan fingerprint density at radius 2 is 0.576 bits per heavy atom. The van der Waals surface area contributed by atoms with Crippen LogP contribution >= 0.6 is 0 Å². The molecular formula is C58H64O8. The lowest BCUT2D eigenvalue weighted by molar-refractivity contribution is 0.0720. The van der Waals surface area contributed by atoms with Crippen LogP contribution < -0.4 is 18.9 Å². The topological polar surface area (TPSA) is 105 Å². The van der Waals surface area contributed by atoms with E-state index in [1.807, 2.05) is 36.4 Å². The fourth-order valence-corrected chi connectivity index (χ4v) is 7.85. The molecule has 0 unspecified atom stereocenters. The molecule has 6 rings (SSSR count). The van der Waals surface area contributed by atoms with E-state index in [-0.39, 0.29) is 11.1 Å². The van der Waals surface area contributed by atoms with Gasteiger partial charge in [-0.15, -0.1) is 0 Å². The molecule has 0 saturated heterocycles. The molecule has 0 saturated carbocycles. The van der Waals surface area contributed by atoms with Crippen molar-refractivity contribution >= 4 is 34.6 Å². The SMILES string of the molecule is CCCCCCCCCCc1ccc(C(=O)Oc2ccc(C(=O)Oc3ccc4ccc(OC(=O)c5ccc(OC(=O)c6ccc(CCCCCCCCCC)cc6)cc5)cc4c3)cc2)cc1. The summed E-state index contributed by atoms with van der Waals surface area (Å²) in [6.45, 7) is 4.48. The lowest BCUT2D eigenvalue weighted by Gasteiger charge is -2.09. The van der Waals surface area contributed by atoms with E-state index in [1.165, 1.54) is 101 Å². The van der Waals surface area contributed by atoms with E-state index in [1.54, 1.807) is 97.1 Å². The molecular weight excluding hydrogens is 825 g/mol. The second-order valence-corrected chi connectivity index (χ2v) is 17.1. The summed E-state index contributed by atoms with van der Waals surface area (Å²) in [5.41, 5.74) is 3.89. The number of ether oxygens (including phenoxy) is 4. The zero-order valence-electron chi connectivity index (χ0n) is 38.7. The van der Waals surface area contributed by atoms with Gasteiger partial charge in [0.25, 0.3) is 0 Å². The van der Waals surface area contributed by atoms with Crippen molar-refractivity contribution in [3.63, 3.8) is 0 Å². The maximum absolute atomic E-state index is 13.1. The van der Waals surface area contributed by atoms with Gasteiger partial charge in [0, 0.05) is 0 Å². The predicted octanol–water partition coefficient (Wildman–Crippen LogP) is 15.1. The van der Waals surface area contributed by atoms with Crippen LogP contribution in [0.25, 0.3) is 10.8 Å². The highest BCUT2D eigenvalue weighted by atomic mass is 16.5. The zero-order chi connectivity index (χ0) is 46.4. The number of carbonyl (C=O) groups excluding carboxylic acids is 4. The quantitative estimate of drug-likeness (QED) is 0.0301. The summed E-state index contributed by atoms with van der Waals surface area (Å²) in [5, 5.41) is 1.54. The summed E-state index contributed by atoms with van der Waals surface area (Å²) in [7, 11) is 0. The van der Waals surface area contributed by atoms with E-state index in [0.717, 1.165) is 31.1 Å². The van der Waals surface area contributed by atoms with Crippen molar-refractivity contribution in [3.05, 3.63) is 167 Å². The monoisotopic (exact) mass is 888 g/mol. The highest BCUT2D eigenvalue weighted by molar-refractivity contribution is 5.95. The number of esters is 4. The van der Waals surface area contributed by atoms with E-state index in [2.05, 4.69) is 13.8 Å². The summed E-state index contributed by atoms with van der Waals surface area (Å²) in [4.78, 5) is 51.9. The largest absolute Gasteiger partial charge is 0.423 e. The average Bonchev–Trinajstić information content (AvgIpc) is 3.34. The van der Waals surface area contributed by atoms with Crippen LogP contribution in [0, 0.1) is 0 Å². The van der Waals surface area contributed by atoms with Gasteiger partial charge in [0.05, 0.1) is 22.3 Å². The maximum atomic E-state index is 13.1. The van der Waals surface area contributed by atoms with Crippen LogP contribution in [0.5, 0.6) is 23.0 Å². The number of benzene rings is 6. The van der Waals surface area contributed by atoms with Gasteiger partial charge in [0.1, 0.15) is 23.0 Å². The Hall–Kier alpha value is -6.54. The van der Waals surface area contributed by atoms with Crippen LogP contribution in [0.2, 0.25) is 0 Å². The molecule has 0 aromatic heterocycles. The summed E-state index contributed by atoms with van der Waals surface area (Å²) < 4.78 is 22.5. The van der Waals surface area contributed by atoms with Gasteiger partial charge in [-0.1, -0.05) is 140 Å². The minimum Gasteiger partial charge on any atom is -0.423 e. The van der Waals surface area contributed by atoms with Gasteiger partial charge in [-0.05, 0) is 145 Å². The van der Waals surface area contributed by atoms with Gasteiger partial charge in [-0.25, -0.2) is 19.2 Å². The highest BCUT2D eigenvalue weighted by Gasteiger charge is 2.15. The lowest BCUT2D eigenvalue weighted by Crippen LogP contribution is -2.10. The van der Waals surface area contributed by atoms with Crippen LogP contribution in [0.3, 0.4) is 0 Å². The van der Waals surface area contributed by atoms with E-state index >= 15 is 0 Å². The minimum atomic E-state index is -0.585. The number of fused-ring (bicyclic) bond motifs is 1. The number of unbranched alkanes of at least 4 members (excludes halogenated alkanes) is 14. The maximum Gasteiger partial charge on any atom is 0.343 e. The molecule has 0 atom stereocenters. The third-order valence-electron chi connectivity index (χ3n) is 11.8. The zero-order valence-corrected chi connectivity index (χ0v) is 38.7. The number of carbonyl (C=O) groups is 4. The molecule has 0 fully saturated rings. The van der Waals surface area contributed by atoms with Gasteiger partial charge >= 0.3 is 23.9 Å². The summed E-state index contributed by atoms with van der Waals surface area (Å²) in [5.74, 6) is -0.880. The highest BCUT2D eigenvalue weighted by Crippen LogP contribution is 2.27. The first-order valence-electron chi connectivity index (χ1n) is 24.1. The Kier molecular flexibility index (Phi) is 19.6. The van der Waals surface area contributed by atoms with Crippen molar-refractivity contribution in [1.29, 1.82) is 0 Å². The Morgan fingerprint density at radius 1 is 0.303 bits per heavy atom. The molecule has 0 radical (unpaired) electrons. The predicted molar refractivity (Wildman–Crippen MR) is 262 cm³/mol. The minimum absolute atomic E-state index is 0.280. The number of hydrogen-bond acceptors (Lipinski definition) is 8. The van der Waals surface area contributed by atoms with Crippen molar-refractivity contribution in [2.45, 2.75) is 129 Å². The molecule has 0 aliphatic carbocycles. The molecule has 0 amide bonds. The molecule has 6 aromatic rings. The molecule has 0 N–H and O–H groups in total. The fourth-order valence-electron chi connectivity index (χ4n) is 7.85.